The molecule has 0 saturated heterocycles. The summed E-state index contributed by atoms with van der Waals surface area (Å²) in [6.45, 7) is 19.7. The minimum atomic E-state index is 0. The number of hydrogen-bond donors (Lipinski definition) is 2. The van der Waals surface area contributed by atoms with Crippen LogP contribution in [0, 0.1) is 6.92 Å². The summed E-state index contributed by atoms with van der Waals surface area (Å²) >= 11 is 0. The molecule has 0 aliphatic heterocycles. The molecule has 2 aromatic rings. The Morgan fingerprint density at radius 1 is 0.479 bits per heavy atom. The second-order valence-corrected chi connectivity index (χ2v) is 14.4. The van der Waals surface area contributed by atoms with Crippen LogP contribution in [0.2, 0.25) is 0 Å². The van der Waals surface area contributed by atoms with Gasteiger partial charge in [-0.3, -0.25) is 0 Å². The van der Waals surface area contributed by atoms with Gasteiger partial charge >= 0.3 is 0 Å². The molecule has 0 atom stereocenters. The predicted molar refractivity (Wildman–Crippen MR) is 217 cm³/mol. The van der Waals surface area contributed by atoms with Crippen molar-refractivity contribution in [2.75, 3.05) is 0 Å². The highest BCUT2D eigenvalue weighted by molar-refractivity contribution is 5.95. The average Bonchev–Trinajstić information content (AvgIpc) is 3.03. The summed E-state index contributed by atoms with van der Waals surface area (Å²) in [6.07, 6.45) is 30.7. The Bertz CT molecular complexity index is 1540. The molecule has 0 spiro atoms. The number of hydrogen-bond acceptors (Lipinski definition) is 2. The second kappa shape index (κ2) is 22.2. The van der Waals surface area contributed by atoms with E-state index in [2.05, 4.69) is 97.9 Å². The van der Waals surface area contributed by atoms with Crippen LogP contribution in [0.15, 0.2) is 106 Å². The molecule has 2 aromatic carbocycles. The molecule has 0 amide bonds. The molecule has 0 bridgehead atoms. The lowest BCUT2D eigenvalue weighted by Gasteiger charge is -2.13. The average molecular weight is 655 g/mol. The van der Waals surface area contributed by atoms with Gasteiger partial charge in [0.2, 0.25) is 0 Å². The van der Waals surface area contributed by atoms with Gasteiger partial charge < -0.3 is 10.2 Å². The fourth-order valence-corrected chi connectivity index (χ4v) is 6.04. The molecular weight excluding hydrogens is 585 g/mol. The third-order valence-electron chi connectivity index (χ3n) is 9.43. The quantitative estimate of drug-likeness (QED) is 0.110. The van der Waals surface area contributed by atoms with Gasteiger partial charge in [-0.2, -0.15) is 0 Å². The maximum atomic E-state index is 10.9. The smallest absolute Gasteiger partial charge is 0.127 e. The van der Waals surface area contributed by atoms with E-state index in [1.165, 1.54) is 51.9 Å². The van der Waals surface area contributed by atoms with Crippen molar-refractivity contribution >= 4 is 10.8 Å². The zero-order valence-corrected chi connectivity index (χ0v) is 31.9. The van der Waals surface area contributed by atoms with Gasteiger partial charge in [0.25, 0.3) is 0 Å². The largest absolute Gasteiger partial charge is 0.507 e. The number of aromatic hydroxyl groups is 2. The summed E-state index contributed by atoms with van der Waals surface area (Å²) in [5, 5.41) is 22.9. The lowest BCUT2D eigenvalue weighted by atomic mass is 9.95. The van der Waals surface area contributed by atoms with E-state index >= 15 is 0 Å². The number of phenolic OH excluding ortho intramolecular Hbond substituents is 2. The first-order valence-electron chi connectivity index (χ1n) is 18.4. The summed E-state index contributed by atoms with van der Waals surface area (Å²) in [7, 11) is 0. The molecule has 2 nitrogen and oxygen atoms in total. The van der Waals surface area contributed by atoms with E-state index in [1.54, 1.807) is 0 Å². The Morgan fingerprint density at radius 2 is 0.792 bits per heavy atom. The van der Waals surface area contributed by atoms with E-state index in [4.69, 9.17) is 0 Å². The predicted octanol–water partition coefficient (Wildman–Crippen LogP) is 14.9. The number of fused-ring (bicyclic) bond motifs is 1. The molecule has 0 fully saturated rings. The Hall–Kier alpha value is -3.52. The Morgan fingerprint density at radius 3 is 1.15 bits per heavy atom. The van der Waals surface area contributed by atoms with Crippen molar-refractivity contribution in [3.63, 3.8) is 0 Å². The lowest BCUT2D eigenvalue weighted by Crippen LogP contribution is -1.92. The van der Waals surface area contributed by atoms with E-state index < -0.39 is 0 Å². The van der Waals surface area contributed by atoms with Gasteiger partial charge in [-0.1, -0.05) is 106 Å². The van der Waals surface area contributed by atoms with Crippen LogP contribution in [-0.2, 0) is 6.42 Å². The van der Waals surface area contributed by atoms with Crippen LogP contribution in [0.1, 0.15) is 146 Å². The summed E-state index contributed by atoms with van der Waals surface area (Å²) in [5.41, 5.74) is 11.8. The first kappa shape index (κ1) is 40.7. The van der Waals surface area contributed by atoms with E-state index in [0.29, 0.717) is 17.2 Å². The Kier molecular flexibility index (Phi) is 18.8. The third kappa shape index (κ3) is 15.6. The van der Waals surface area contributed by atoms with Crippen LogP contribution in [0.25, 0.3) is 10.8 Å². The number of phenols is 2. The fourth-order valence-electron chi connectivity index (χ4n) is 6.04. The summed E-state index contributed by atoms with van der Waals surface area (Å²) < 4.78 is 0. The van der Waals surface area contributed by atoms with E-state index in [1.807, 2.05) is 31.2 Å². The van der Waals surface area contributed by atoms with E-state index in [0.717, 1.165) is 75.3 Å². The lowest BCUT2D eigenvalue weighted by molar-refractivity contribution is 0.461. The number of allylic oxidation sites excluding steroid dienone is 14. The Labute approximate surface area is 297 Å². The standard InChI is InChI=1S/C46H66O2.2H2/c1-34(2)18-12-19-35(3)20-13-21-36(4)22-14-23-37(5)24-15-25-38(6)26-16-27-39(7)28-17-29-40(8)32-33-42-41(9)45(47)43-30-10-11-31-44(43)46(42)48;;/h10-11,18,20,22,24,26,28,30-32,47-48H,12-17,19,21,23,25,27,29,33H2,1-9H3;2*1H/b35-20+,36-22+,37-24+,38-26+,39-28+,40-32+;;. The van der Waals surface area contributed by atoms with Gasteiger partial charge in [0.1, 0.15) is 11.5 Å². The van der Waals surface area contributed by atoms with Crippen LogP contribution in [0.5, 0.6) is 11.5 Å². The monoisotopic (exact) mass is 655 g/mol. The molecule has 0 aliphatic rings. The van der Waals surface area contributed by atoms with Gasteiger partial charge in [0.15, 0.2) is 0 Å². The fraction of sp³-hybridized carbons (Fsp3) is 0.478. The minimum Gasteiger partial charge on any atom is -0.507 e. The number of rotatable bonds is 20. The molecule has 2 rings (SSSR count). The molecule has 0 aromatic heterocycles. The Balaban J connectivity index is 0.0000120. The van der Waals surface area contributed by atoms with Gasteiger partial charge in [-0.05, 0) is 151 Å². The second-order valence-electron chi connectivity index (χ2n) is 14.4. The third-order valence-corrected chi connectivity index (χ3v) is 9.43. The first-order chi connectivity index (χ1) is 22.9. The van der Waals surface area contributed by atoms with Crippen molar-refractivity contribution in [1.29, 1.82) is 0 Å². The molecule has 266 valence electrons. The molecule has 0 radical (unpaired) electrons. The highest BCUT2D eigenvalue weighted by atomic mass is 16.3. The first-order valence-corrected chi connectivity index (χ1v) is 18.4. The van der Waals surface area contributed by atoms with E-state index in [-0.39, 0.29) is 14.4 Å². The van der Waals surface area contributed by atoms with Crippen molar-refractivity contribution in [3.05, 3.63) is 117 Å². The number of benzene rings is 2. The van der Waals surface area contributed by atoms with Crippen LogP contribution in [0.3, 0.4) is 0 Å². The summed E-state index contributed by atoms with van der Waals surface area (Å²) in [6, 6.07) is 7.49. The molecule has 48 heavy (non-hydrogen) atoms. The van der Waals surface area contributed by atoms with E-state index in [9.17, 15) is 10.2 Å². The van der Waals surface area contributed by atoms with Crippen molar-refractivity contribution in [2.45, 2.75) is 146 Å². The molecule has 0 unspecified atom stereocenters. The maximum Gasteiger partial charge on any atom is 0.127 e. The van der Waals surface area contributed by atoms with Gasteiger partial charge in [-0.15, -0.1) is 0 Å². The maximum absolute atomic E-state index is 10.9. The van der Waals surface area contributed by atoms with Crippen molar-refractivity contribution in [3.8, 4) is 11.5 Å². The van der Waals surface area contributed by atoms with Crippen LogP contribution in [-0.4, -0.2) is 10.2 Å². The van der Waals surface area contributed by atoms with Crippen LogP contribution < -0.4 is 0 Å². The highest BCUT2D eigenvalue weighted by Crippen LogP contribution is 2.39. The molecule has 0 aliphatic carbocycles. The van der Waals surface area contributed by atoms with Gasteiger partial charge in [-0.25, -0.2) is 0 Å². The van der Waals surface area contributed by atoms with Crippen LogP contribution >= 0.6 is 0 Å². The van der Waals surface area contributed by atoms with Crippen molar-refractivity contribution in [2.24, 2.45) is 0 Å². The zero-order chi connectivity index (χ0) is 35.5. The summed E-state index contributed by atoms with van der Waals surface area (Å²) in [4.78, 5) is 0. The summed E-state index contributed by atoms with van der Waals surface area (Å²) in [5.74, 6) is 0.549. The zero-order valence-electron chi connectivity index (χ0n) is 31.9. The molecule has 2 heteroatoms. The normalized spacial score (nSPS) is 13.9. The molecule has 0 saturated carbocycles. The molecule has 2 N–H and O–H groups in total. The topological polar surface area (TPSA) is 40.5 Å². The van der Waals surface area contributed by atoms with Crippen LogP contribution in [0.4, 0.5) is 0 Å². The SMILES string of the molecule is CC(C)=CCC/C(C)=C/CC/C(C)=C/CC/C(C)=C/CC/C(C)=C/CC/C(C)=C/CC/C(C)=C/Cc1c(C)c(O)c2ccccc2c1O.[HH].[HH]. The van der Waals surface area contributed by atoms with Gasteiger partial charge in [0.05, 0.1) is 0 Å². The molecule has 0 heterocycles. The highest BCUT2D eigenvalue weighted by Gasteiger charge is 2.14. The van der Waals surface area contributed by atoms with Gasteiger partial charge in [0, 0.05) is 19.2 Å². The van der Waals surface area contributed by atoms with Crippen molar-refractivity contribution in [1.82, 2.24) is 0 Å². The van der Waals surface area contributed by atoms with Crippen molar-refractivity contribution < 1.29 is 13.1 Å². The minimum absolute atomic E-state index is 0. The molecular formula is C46H70O2.